The van der Waals surface area contributed by atoms with Crippen LogP contribution in [0, 0.1) is 0 Å². The lowest BCUT2D eigenvalue weighted by Gasteiger charge is -2.46. The van der Waals surface area contributed by atoms with Crippen LogP contribution in [0.1, 0.15) is 30.0 Å². The lowest BCUT2D eigenvalue weighted by atomic mass is 9.99. The van der Waals surface area contributed by atoms with Crippen molar-refractivity contribution in [2.45, 2.75) is 45.1 Å². The van der Waals surface area contributed by atoms with Crippen molar-refractivity contribution in [2.75, 3.05) is 36.3 Å². The van der Waals surface area contributed by atoms with E-state index in [1.54, 1.807) is 44.1 Å². The standard InChI is InChI=1S/C33H38N8O5S2/c1-3-16-39(33(44)35-18-23-8-5-4-6-9-23)40-21-29(42)41-26(17-22-12-14-25(15-13-22)37-48(2,45)46)31(43)38(20-28(40)41)19-24-10-7-11-27-30(24)36-32(34)47-27/h4-15,26,28,37H,3,16-21H2,1-2H3,(H2,34,36)(H,35,44)/t26-,28+/m0/s1. The van der Waals surface area contributed by atoms with E-state index in [0.29, 0.717) is 30.3 Å². The number of benzene rings is 3. The van der Waals surface area contributed by atoms with Gasteiger partial charge < -0.3 is 20.9 Å². The predicted octanol–water partition coefficient (Wildman–Crippen LogP) is 3.21. The maximum absolute atomic E-state index is 14.3. The summed E-state index contributed by atoms with van der Waals surface area (Å²) in [7, 11) is -3.46. The summed E-state index contributed by atoms with van der Waals surface area (Å²) in [5.74, 6) is -0.477. The van der Waals surface area contributed by atoms with Crippen molar-refractivity contribution >= 4 is 60.2 Å². The number of carbonyl (C=O) groups excluding carboxylic acids is 3. The lowest BCUT2D eigenvalue weighted by Crippen LogP contribution is -2.66. The zero-order valence-electron chi connectivity index (χ0n) is 26.7. The molecule has 0 spiro atoms. The number of amides is 4. The highest BCUT2D eigenvalue weighted by molar-refractivity contribution is 7.92. The van der Waals surface area contributed by atoms with Gasteiger partial charge in [-0.25, -0.2) is 18.2 Å². The Kier molecular flexibility index (Phi) is 9.53. The number of hydrogen-bond acceptors (Lipinski definition) is 9. The molecule has 15 heteroatoms. The Bertz CT molecular complexity index is 1920. The number of nitrogens with two attached hydrogens (primary N) is 1. The molecule has 0 bridgehead atoms. The number of rotatable bonds is 11. The molecule has 48 heavy (non-hydrogen) atoms. The van der Waals surface area contributed by atoms with E-state index in [1.165, 1.54) is 11.3 Å². The Hall–Kier alpha value is -4.73. The Morgan fingerprint density at radius 2 is 1.79 bits per heavy atom. The molecular weight excluding hydrogens is 653 g/mol. The zero-order valence-corrected chi connectivity index (χ0v) is 28.3. The number of para-hydroxylation sites is 1. The highest BCUT2D eigenvalue weighted by atomic mass is 32.2. The summed E-state index contributed by atoms with van der Waals surface area (Å²) in [6, 6.07) is 20.9. The van der Waals surface area contributed by atoms with Crippen molar-refractivity contribution in [3.63, 3.8) is 0 Å². The molecule has 13 nitrogen and oxygen atoms in total. The molecular formula is C33H38N8O5S2. The monoisotopic (exact) mass is 690 g/mol. The van der Waals surface area contributed by atoms with Gasteiger partial charge in [-0.15, -0.1) is 0 Å². The minimum Gasteiger partial charge on any atom is -0.375 e. The van der Waals surface area contributed by atoms with Crippen molar-refractivity contribution < 1.29 is 22.8 Å². The summed E-state index contributed by atoms with van der Waals surface area (Å²) >= 11 is 1.38. The van der Waals surface area contributed by atoms with Crippen molar-refractivity contribution in [1.29, 1.82) is 0 Å². The molecule has 0 radical (unpaired) electrons. The summed E-state index contributed by atoms with van der Waals surface area (Å²) < 4.78 is 26.8. The van der Waals surface area contributed by atoms with Gasteiger partial charge in [0, 0.05) is 31.7 Å². The maximum atomic E-state index is 14.3. The second kappa shape index (κ2) is 13.8. The fourth-order valence-corrected chi connectivity index (χ4v) is 7.66. The third-order valence-electron chi connectivity index (χ3n) is 8.40. The molecule has 1 aromatic heterocycles. The second-order valence-electron chi connectivity index (χ2n) is 12.0. The van der Waals surface area contributed by atoms with Gasteiger partial charge in [0.15, 0.2) is 5.13 Å². The van der Waals surface area contributed by atoms with Gasteiger partial charge in [0.05, 0.1) is 29.6 Å². The van der Waals surface area contributed by atoms with Crippen molar-refractivity contribution in [2.24, 2.45) is 0 Å². The van der Waals surface area contributed by atoms with Crippen LogP contribution in [0.25, 0.3) is 10.2 Å². The number of nitrogen functional groups attached to an aromatic ring is 1. The highest BCUT2D eigenvalue weighted by Crippen LogP contribution is 2.32. The van der Waals surface area contributed by atoms with Gasteiger partial charge in [0.2, 0.25) is 21.8 Å². The van der Waals surface area contributed by atoms with Crippen LogP contribution in [0.15, 0.2) is 72.8 Å². The van der Waals surface area contributed by atoms with Gasteiger partial charge in [-0.05, 0) is 41.3 Å². The molecule has 0 unspecified atom stereocenters. The number of nitrogens with zero attached hydrogens (tertiary/aromatic N) is 5. The minimum absolute atomic E-state index is 0.0591. The zero-order chi connectivity index (χ0) is 34.0. The molecule has 6 rings (SSSR count). The summed E-state index contributed by atoms with van der Waals surface area (Å²) in [6.07, 6.45) is 1.33. The Labute approximate surface area is 283 Å². The lowest BCUT2D eigenvalue weighted by molar-refractivity contribution is -0.157. The van der Waals surface area contributed by atoms with E-state index in [-0.39, 0.29) is 43.9 Å². The van der Waals surface area contributed by atoms with Crippen LogP contribution in [-0.4, -0.2) is 89.2 Å². The Morgan fingerprint density at radius 3 is 2.50 bits per heavy atom. The number of anilines is 2. The SMILES string of the molecule is CCCN(C(=O)NCc1ccccc1)N1CC(=O)N2[C@@H](Cc3ccc(NS(C)(=O)=O)cc3)C(=O)N(Cc3cccc4sc(N)nc34)C[C@@H]21. The molecule has 4 aromatic rings. The van der Waals surface area contributed by atoms with Crippen LogP contribution in [0.4, 0.5) is 15.6 Å². The van der Waals surface area contributed by atoms with E-state index in [1.807, 2.05) is 55.5 Å². The molecule has 2 atom stereocenters. The van der Waals surface area contributed by atoms with E-state index >= 15 is 0 Å². The fraction of sp³-hybridized carbons (Fsp3) is 0.333. The molecule has 0 saturated carbocycles. The second-order valence-corrected chi connectivity index (χ2v) is 14.8. The average Bonchev–Trinajstić information content (AvgIpc) is 3.60. The largest absolute Gasteiger partial charge is 0.375 e. The van der Waals surface area contributed by atoms with Gasteiger partial charge in [-0.1, -0.05) is 72.9 Å². The molecule has 4 N–H and O–H groups in total. The van der Waals surface area contributed by atoms with E-state index < -0.39 is 22.2 Å². The summed E-state index contributed by atoms with van der Waals surface area (Å²) in [4.78, 5) is 49.6. The highest BCUT2D eigenvalue weighted by Gasteiger charge is 2.52. The molecule has 2 aliphatic rings. The van der Waals surface area contributed by atoms with Crippen LogP contribution in [-0.2, 0) is 39.1 Å². The first-order valence-electron chi connectivity index (χ1n) is 15.7. The number of nitrogens with one attached hydrogen (secondary N) is 2. The molecule has 2 aliphatic heterocycles. The number of fused-ring (bicyclic) bond motifs is 2. The number of sulfonamides is 1. The third kappa shape index (κ3) is 7.22. The number of thiazole rings is 1. The quantitative estimate of drug-likeness (QED) is 0.216. The fourth-order valence-electron chi connectivity index (χ4n) is 6.32. The first-order valence-corrected chi connectivity index (χ1v) is 18.4. The first kappa shape index (κ1) is 33.2. The molecule has 252 valence electrons. The first-order chi connectivity index (χ1) is 23.0. The van der Waals surface area contributed by atoms with E-state index in [4.69, 9.17) is 5.73 Å². The van der Waals surface area contributed by atoms with Crippen molar-refractivity contribution in [3.05, 3.63) is 89.5 Å². The number of aromatic nitrogens is 1. The topological polar surface area (TPSA) is 161 Å². The van der Waals surface area contributed by atoms with Crippen LogP contribution in [0.3, 0.4) is 0 Å². The Morgan fingerprint density at radius 1 is 1.04 bits per heavy atom. The number of carbonyl (C=O) groups is 3. The van der Waals surface area contributed by atoms with Crippen LogP contribution in [0.2, 0.25) is 0 Å². The number of hydrogen-bond donors (Lipinski definition) is 3. The van der Waals surface area contributed by atoms with Crippen molar-refractivity contribution in [3.8, 4) is 0 Å². The molecule has 3 aromatic carbocycles. The van der Waals surface area contributed by atoms with Crippen LogP contribution >= 0.6 is 11.3 Å². The summed E-state index contributed by atoms with van der Waals surface area (Å²) in [5.41, 5.74) is 9.68. The molecule has 3 heterocycles. The summed E-state index contributed by atoms with van der Waals surface area (Å²) in [6.45, 7) is 3.04. The van der Waals surface area contributed by atoms with Gasteiger partial charge >= 0.3 is 6.03 Å². The van der Waals surface area contributed by atoms with Gasteiger partial charge in [0.25, 0.3) is 0 Å². The Balaban J connectivity index is 1.31. The van der Waals surface area contributed by atoms with Crippen LogP contribution in [0.5, 0.6) is 0 Å². The third-order valence-corrected chi connectivity index (χ3v) is 9.86. The van der Waals surface area contributed by atoms with Gasteiger partial charge in [0.1, 0.15) is 12.2 Å². The number of urea groups is 1. The summed E-state index contributed by atoms with van der Waals surface area (Å²) in [5, 5.41) is 6.79. The average molecular weight is 691 g/mol. The van der Waals surface area contributed by atoms with E-state index in [0.717, 1.165) is 33.2 Å². The molecule has 2 fully saturated rings. The number of piperazine rings is 1. The minimum atomic E-state index is -3.46. The smallest absolute Gasteiger partial charge is 0.332 e. The maximum Gasteiger partial charge on any atom is 0.332 e. The van der Waals surface area contributed by atoms with Gasteiger partial charge in [-0.3, -0.25) is 19.3 Å². The van der Waals surface area contributed by atoms with Crippen LogP contribution < -0.4 is 15.8 Å². The molecule has 2 saturated heterocycles. The normalized spacial score (nSPS) is 18.3. The number of hydrazine groups is 1. The molecule has 4 amide bonds. The van der Waals surface area contributed by atoms with E-state index in [9.17, 15) is 22.8 Å². The predicted molar refractivity (Wildman–Crippen MR) is 185 cm³/mol. The van der Waals surface area contributed by atoms with E-state index in [2.05, 4.69) is 15.0 Å². The molecule has 0 aliphatic carbocycles. The van der Waals surface area contributed by atoms with Crippen molar-refractivity contribution in [1.82, 2.24) is 30.1 Å². The van der Waals surface area contributed by atoms with Gasteiger partial charge in [-0.2, -0.15) is 5.01 Å².